The number of hydrogen-bond acceptors (Lipinski definition) is 1. The van der Waals surface area contributed by atoms with Crippen LogP contribution in [0.1, 0.15) is 58.8 Å². The Labute approximate surface area is 88.0 Å². The largest absolute Gasteiger partial charge is 0.291 e. The molecule has 1 nitrogen and oxygen atoms in total. The van der Waals surface area contributed by atoms with Crippen molar-refractivity contribution in [3.05, 3.63) is 0 Å². The van der Waals surface area contributed by atoms with Crippen LogP contribution in [0, 0.1) is 11.8 Å². The molecule has 2 fully saturated rings. The van der Waals surface area contributed by atoms with Crippen molar-refractivity contribution in [1.82, 2.24) is 0 Å². The normalized spacial score (nSPS) is 29.1. The molecule has 0 heterocycles. The van der Waals surface area contributed by atoms with Gasteiger partial charge in [0.15, 0.2) is 0 Å². The van der Waals surface area contributed by atoms with Crippen LogP contribution in [-0.2, 0) is 0 Å². The quantitative estimate of drug-likeness (QED) is 0.632. The second kappa shape index (κ2) is 4.46. The van der Waals surface area contributed by atoms with Gasteiger partial charge in [0.05, 0.1) is 0 Å². The summed E-state index contributed by atoms with van der Waals surface area (Å²) in [6.45, 7) is 4.67. The first kappa shape index (κ1) is 10.2. The van der Waals surface area contributed by atoms with Crippen molar-refractivity contribution in [2.24, 2.45) is 16.8 Å². The Hall–Kier alpha value is -0.330. The summed E-state index contributed by atoms with van der Waals surface area (Å²) in [4.78, 5) is 4.89. The fraction of sp³-hybridized carbons (Fsp3) is 0.923. The lowest BCUT2D eigenvalue weighted by Crippen LogP contribution is -2.29. The molecule has 0 atom stereocenters. The van der Waals surface area contributed by atoms with Crippen molar-refractivity contribution >= 4 is 5.71 Å². The molecular weight excluding hydrogens is 170 g/mol. The van der Waals surface area contributed by atoms with E-state index in [2.05, 4.69) is 13.8 Å². The summed E-state index contributed by atoms with van der Waals surface area (Å²) in [6, 6.07) is 0.701. The molecule has 14 heavy (non-hydrogen) atoms. The van der Waals surface area contributed by atoms with Crippen molar-refractivity contribution in [1.29, 1.82) is 0 Å². The third-order valence-electron chi connectivity index (χ3n) is 3.88. The minimum atomic E-state index is 0.701. The summed E-state index contributed by atoms with van der Waals surface area (Å²) >= 11 is 0. The molecule has 0 aromatic rings. The van der Waals surface area contributed by atoms with Gasteiger partial charge in [0.2, 0.25) is 0 Å². The van der Waals surface area contributed by atoms with Crippen molar-refractivity contribution in [2.75, 3.05) is 0 Å². The summed E-state index contributed by atoms with van der Waals surface area (Å²) in [5.74, 6) is 1.80. The first-order valence-corrected chi connectivity index (χ1v) is 6.31. The summed E-state index contributed by atoms with van der Waals surface area (Å²) in [6.07, 6.45) is 9.58. The maximum absolute atomic E-state index is 4.89. The van der Waals surface area contributed by atoms with E-state index in [1.165, 1.54) is 50.7 Å². The summed E-state index contributed by atoms with van der Waals surface area (Å²) in [5.41, 5.74) is 1.52. The van der Waals surface area contributed by atoms with Crippen LogP contribution in [0.15, 0.2) is 4.99 Å². The van der Waals surface area contributed by atoms with Crippen LogP contribution < -0.4 is 0 Å². The summed E-state index contributed by atoms with van der Waals surface area (Å²) in [7, 11) is 0. The summed E-state index contributed by atoms with van der Waals surface area (Å²) < 4.78 is 0. The maximum atomic E-state index is 4.89. The zero-order valence-corrected chi connectivity index (χ0v) is 9.63. The van der Waals surface area contributed by atoms with Crippen LogP contribution >= 0.6 is 0 Å². The minimum absolute atomic E-state index is 0.701. The molecule has 2 saturated carbocycles. The van der Waals surface area contributed by atoms with Gasteiger partial charge in [-0.2, -0.15) is 0 Å². The molecule has 0 aromatic heterocycles. The van der Waals surface area contributed by atoms with E-state index in [1.54, 1.807) is 0 Å². The second-order valence-electron chi connectivity index (χ2n) is 5.40. The Morgan fingerprint density at radius 1 is 1.07 bits per heavy atom. The fourth-order valence-corrected chi connectivity index (χ4v) is 2.59. The van der Waals surface area contributed by atoms with E-state index in [-0.39, 0.29) is 0 Å². The molecule has 1 heteroatoms. The van der Waals surface area contributed by atoms with Gasteiger partial charge >= 0.3 is 0 Å². The van der Waals surface area contributed by atoms with E-state index in [0.717, 1.165) is 11.8 Å². The predicted octanol–water partition coefficient (Wildman–Crippen LogP) is 3.83. The number of aliphatic imine (C=N–C) groups is 1. The molecule has 0 aliphatic heterocycles. The van der Waals surface area contributed by atoms with E-state index in [0.29, 0.717) is 6.04 Å². The first-order chi connectivity index (χ1) is 6.75. The molecular formula is C13H23N. The van der Waals surface area contributed by atoms with Gasteiger partial charge in [0.25, 0.3) is 0 Å². The lowest BCUT2D eigenvalue weighted by atomic mass is 9.75. The Bertz CT molecular complexity index is 203. The Morgan fingerprint density at radius 3 is 2.29 bits per heavy atom. The van der Waals surface area contributed by atoms with Crippen LogP contribution in [0.4, 0.5) is 0 Å². The maximum Gasteiger partial charge on any atom is 0.0499 e. The number of nitrogens with zero attached hydrogens (tertiary/aromatic N) is 1. The average molecular weight is 193 g/mol. The van der Waals surface area contributed by atoms with Crippen LogP contribution in [0.3, 0.4) is 0 Å². The van der Waals surface area contributed by atoms with E-state index < -0.39 is 0 Å². The molecule has 0 saturated heterocycles. The van der Waals surface area contributed by atoms with E-state index in [1.807, 2.05) is 0 Å². The highest BCUT2D eigenvalue weighted by Crippen LogP contribution is 2.32. The van der Waals surface area contributed by atoms with Gasteiger partial charge in [0, 0.05) is 11.8 Å². The van der Waals surface area contributed by atoms with Crippen molar-refractivity contribution in [2.45, 2.75) is 64.8 Å². The van der Waals surface area contributed by atoms with Crippen LogP contribution in [0.25, 0.3) is 0 Å². The van der Waals surface area contributed by atoms with Gasteiger partial charge in [0.1, 0.15) is 0 Å². The van der Waals surface area contributed by atoms with Crippen molar-refractivity contribution in [3.63, 3.8) is 0 Å². The van der Waals surface area contributed by atoms with Gasteiger partial charge in [-0.1, -0.05) is 33.1 Å². The lowest BCUT2D eigenvalue weighted by Gasteiger charge is -2.33. The molecule has 0 aromatic carbocycles. The van der Waals surface area contributed by atoms with Crippen LogP contribution in [0.5, 0.6) is 0 Å². The number of hydrogen-bond donors (Lipinski definition) is 0. The van der Waals surface area contributed by atoms with E-state index >= 15 is 0 Å². The zero-order chi connectivity index (χ0) is 9.97. The third kappa shape index (κ3) is 2.37. The molecule has 0 N–H and O–H groups in total. The molecule has 0 radical (unpaired) electrons. The highest BCUT2D eigenvalue weighted by molar-refractivity contribution is 5.90. The van der Waals surface area contributed by atoms with Crippen LogP contribution in [-0.4, -0.2) is 11.8 Å². The van der Waals surface area contributed by atoms with E-state index in [9.17, 15) is 0 Å². The van der Waals surface area contributed by atoms with Gasteiger partial charge < -0.3 is 0 Å². The van der Waals surface area contributed by atoms with Gasteiger partial charge in [-0.15, -0.1) is 0 Å². The van der Waals surface area contributed by atoms with Crippen molar-refractivity contribution in [3.8, 4) is 0 Å². The lowest BCUT2D eigenvalue weighted by molar-refractivity contribution is 0.357. The van der Waals surface area contributed by atoms with E-state index in [4.69, 9.17) is 4.99 Å². The minimum Gasteiger partial charge on any atom is -0.291 e. The van der Waals surface area contributed by atoms with Gasteiger partial charge in [-0.3, -0.25) is 4.99 Å². The average Bonchev–Trinajstić information content (AvgIpc) is 2.12. The molecule has 2 aliphatic carbocycles. The number of rotatable bonds is 2. The molecule has 0 amide bonds. The van der Waals surface area contributed by atoms with Crippen LogP contribution in [0.2, 0.25) is 0 Å². The monoisotopic (exact) mass is 193 g/mol. The molecule has 0 spiro atoms. The molecule has 0 unspecified atom stereocenters. The molecule has 2 rings (SSSR count). The Kier molecular flexibility index (Phi) is 3.25. The standard InChI is InChI=1S/C13H23N/c1-10(2)11-8-13(9-11)14-12-6-4-3-5-7-12/h10-12H,3-9H2,1-2H3. The molecule has 80 valence electrons. The predicted molar refractivity (Wildman–Crippen MR) is 61.9 cm³/mol. The van der Waals surface area contributed by atoms with Crippen molar-refractivity contribution < 1.29 is 0 Å². The third-order valence-corrected chi connectivity index (χ3v) is 3.88. The highest BCUT2D eigenvalue weighted by Gasteiger charge is 2.28. The Morgan fingerprint density at radius 2 is 1.71 bits per heavy atom. The van der Waals surface area contributed by atoms with Gasteiger partial charge in [-0.05, 0) is 37.5 Å². The zero-order valence-electron chi connectivity index (χ0n) is 9.63. The second-order valence-corrected chi connectivity index (χ2v) is 5.40. The first-order valence-electron chi connectivity index (χ1n) is 6.31. The Balaban J connectivity index is 1.77. The summed E-state index contributed by atoms with van der Waals surface area (Å²) in [5, 5.41) is 0. The smallest absolute Gasteiger partial charge is 0.0499 e. The SMILES string of the molecule is CC(C)C1CC(=NC2CCCCC2)C1. The topological polar surface area (TPSA) is 12.4 Å². The van der Waals surface area contributed by atoms with Gasteiger partial charge in [-0.25, -0.2) is 0 Å². The molecule has 2 aliphatic rings. The highest BCUT2D eigenvalue weighted by atomic mass is 14.8. The fourth-order valence-electron chi connectivity index (χ4n) is 2.59. The molecule has 0 bridgehead atoms.